The van der Waals surface area contributed by atoms with Crippen LogP contribution in [-0.4, -0.2) is 34.3 Å². The number of aromatic nitrogens is 3. The predicted octanol–water partition coefficient (Wildman–Crippen LogP) is 2.83. The molecule has 0 bridgehead atoms. The Hall–Kier alpha value is -2.72. The Kier molecular flexibility index (Phi) is 4.48. The van der Waals surface area contributed by atoms with Crippen molar-refractivity contribution in [3.63, 3.8) is 0 Å². The SMILES string of the molecule is CCOC(=O)c1n[nH]nc1-c1c(F)cc(OC(F)(F)F)cc1F. The smallest absolute Gasteiger partial charge is 0.461 e. The number of rotatable bonds is 4. The fraction of sp³-hybridized carbons (Fsp3) is 0.250. The first-order valence-electron chi connectivity index (χ1n) is 6.06. The molecule has 0 aliphatic heterocycles. The Labute approximate surface area is 125 Å². The summed E-state index contributed by atoms with van der Waals surface area (Å²) in [6.45, 7) is 1.48. The molecule has 0 unspecified atom stereocenters. The highest BCUT2D eigenvalue weighted by Crippen LogP contribution is 2.32. The van der Waals surface area contributed by atoms with Gasteiger partial charge in [0.1, 0.15) is 23.1 Å². The maximum absolute atomic E-state index is 14.0. The number of benzene rings is 1. The van der Waals surface area contributed by atoms with Gasteiger partial charge in [-0.2, -0.15) is 10.3 Å². The molecule has 1 heterocycles. The highest BCUT2D eigenvalue weighted by Gasteiger charge is 2.32. The maximum Gasteiger partial charge on any atom is 0.573 e. The van der Waals surface area contributed by atoms with Crippen LogP contribution < -0.4 is 4.74 Å². The lowest BCUT2D eigenvalue weighted by Crippen LogP contribution is -2.17. The van der Waals surface area contributed by atoms with Gasteiger partial charge in [-0.25, -0.2) is 13.6 Å². The molecule has 6 nitrogen and oxygen atoms in total. The van der Waals surface area contributed by atoms with Gasteiger partial charge < -0.3 is 9.47 Å². The van der Waals surface area contributed by atoms with Gasteiger partial charge >= 0.3 is 12.3 Å². The molecule has 2 aromatic rings. The van der Waals surface area contributed by atoms with Crippen LogP contribution in [0, 0.1) is 11.6 Å². The van der Waals surface area contributed by atoms with Crippen LogP contribution in [0.25, 0.3) is 11.3 Å². The number of ether oxygens (including phenoxy) is 2. The topological polar surface area (TPSA) is 77.1 Å². The number of hydrogen-bond acceptors (Lipinski definition) is 5. The number of aromatic amines is 1. The van der Waals surface area contributed by atoms with Crippen molar-refractivity contribution >= 4 is 5.97 Å². The number of H-pyrrole nitrogens is 1. The average Bonchev–Trinajstić information content (AvgIpc) is 2.85. The highest BCUT2D eigenvalue weighted by molar-refractivity contribution is 5.94. The monoisotopic (exact) mass is 337 g/mol. The largest absolute Gasteiger partial charge is 0.573 e. The molecule has 0 amide bonds. The molecule has 2 rings (SSSR count). The molecule has 0 aliphatic carbocycles. The number of carbonyl (C=O) groups excluding carboxylic acids is 1. The zero-order valence-electron chi connectivity index (χ0n) is 11.4. The quantitative estimate of drug-likeness (QED) is 0.686. The third kappa shape index (κ3) is 3.73. The second-order valence-corrected chi connectivity index (χ2v) is 4.05. The van der Waals surface area contributed by atoms with E-state index in [4.69, 9.17) is 0 Å². The average molecular weight is 337 g/mol. The number of halogens is 5. The molecule has 0 spiro atoms. The van der Waals surface area contributed by atoms with E-state index in [2.05, 4.69) is 19.7 Å². The number of nitrogens with one attached hydrogen (secondary N) is 1. The number of hydrogen-bond donors (Lipinski definition) is 1. The van der Waals surface area contributed by atoms with Crippen molar-refractivity contribution < 1.29 is 36.2 Å². The summed E-state index contributed by atoms with van der Waals surface area (Å²) >= 11 is 0. The molecule has 0 saturated carbocycles. The van der Waals surface area contributed by atoms with Crippen LogP contribution in [-0.2, 0) is 4.74 Å². The van der Waals surface area contributed by atoms with E-state index in [1.54, 1.807) is 0 Å². The predicted molar refractivity (Wildman–Crippen MR) is 64.4 cm³/mol. The Balaban J connectivity index is 2.46. The van der Waals surface area contributed by atoms with Crippen LogP contribution >= 0.6 is 0 Å². The van der Waals surface area contributed by atoms with Crippen LogP contribution in [0.2, 0.25) is 0 Å². The fourth-order valence-electron chi connectivity index (χ4n) is 1.72. The van der Waals surface area contributed by atoms with Crippen molar-refractivity contribution in [2.75, 3.05) is 6.61 Å². The summed E-state index contributed by atoms with van der Waals surface area (Å²) in [5.41, 5.74) is -1.87. The molecule has 11 heteroatoms. The van der Waals surface area contributed by atoms with Crippen LogP contribution in [0.4, 0.5) is 22.0 Å². The van der Waals surface area contributed by atoms with Crippen molar-refractivity contribution in [2.45, 2.75) is 13.3 Å². The first-order chi connectivity index (χ1) is 10.7. The summed E-state index contributed by atoms with van der Waals surface area (Å²) in [6.07, 6.45) is -5.11. The van der Waals surface area contributed by atoms with Crippen molar-refractivity contribution in [1.29, 1.82) is 0 Å². The number of esters is 1. The number of nitrogens with zero attached hydrogens (tertiary/aromatic N) is 2. The number of alkyl halides is 3. The molecule has 1 aromatic carbocycles. The van der Waals surface area contributed by atoms with E-state index in [-0.39, 0.29) is 6.61 Å². The van der Waals surface area contributed by atoms with E-state index in [1.807, 2.05) is 5.21 Å². The van der Waals surface area contributed by atoms with Crippen molar-refractivity contribution in [1.82, 2.24) is 15.4 Å². The van der Waals surface area contributed by atoms with Gasteiger partial charge in [-0.1, -0.05) is 0 Å². The van der Waals surface area contributed by atoms with Gasteiger partial charge in [0, 0.05) is 12.1 Å². The van der Waals surface area contributed by atoms with Crippen LogP contribution in [0.15, 0.2) is 12.1 Å². The summed E-state index contributed by atoms with van der Waals surface area (Å²) in [4.78, 5) is 11.6. The lowest BCUT2D eigenvalue weighted by Gasteiger charge is -2.10. The standard InChI is InChI=1S/C12H8F5N3O3/c1-2-22-11(21)10-9(18-20-19-10)8-6(13)3-5(4-7(8)14)23-12(15,16)17/h3-4H,2H2,1H3,(H,18,19,20). The normalized spacial score (nSPS) is 11.4. The molecule has 0 fully saturated rings. The molecule has 1 aromatic heterocycles. The van der Waals surface area contributed by atoms with Gasteiger partial charge in [-0.3, -0.25) is 0 Å². The molecular formula is C12H8F5N3O3. The lowest BCUT2D eigenvalue weighted by molar-refractivity contribution is -0.274. The molecule has 0 saturated heterocycles. The van der Waals surface area contributed by atoms with Crippen molar-refractivity contribution in [3.05, 3.63) is 29.5 Å². The summed E-state index contributed by atoms with van der Waals surface area (Å²) in [6, 6.07) is 0.630. The van der Waals surface area contributed by atoms with E-state index >= 15 is 0 Å². The van der Waals surface area contributed by atoms with Crippen molar-refractivity contribution in [2.24, 2.45) is 0 Å². The van der Waals surface area contributed by atoms with E-state index in [1.165, 1.54) is 6.92 Å². The van der Waals surface area contributed by atoms with E-state index in [0.717, 1.165) is 0 Å². The zero-order valence-corrected chi connectivity index (χ0v) is 11.4. The van der Waals surface area contributed by atoms with Gasteiger partial charge in [0.05, 0.1) is 12.2 Å². The molecular weight excluding hydrogens is 329 g/mol. The molecule has 1 N–H and O–H groups in total. The van der Waals surface area contributed by atoms with Crippen LogP contribution in [0.1, 0.15) is 17.4 Å². The first kappa shape index (κ1) is 16.6. The molecule has 124 valence electrons. The van der Waals surface area contributed by atoms with Gasteiger partial charge in [0.2, 0.25) is 0 Å². The van der Waals surface area contributed by atoms with Gasteiger partial charge in [0.25, 0.3) is 0 Å². The van der Waals surface area contributed by atoms with E-state index in [9.17, 15) is 26.7 Å². The Morgan fingerprint density at radius 3 is 2.35 bits per heavy atom. The summed E-state index contributed by atoms with van der Waals surface area (Å²) in [5, 5.41) is 8.85. The van der Waals surface area contributed by atoms with E-state index in [0.29, 0.717) is 12.1 Å². The van der Waals surface area contributed by atoms with Crippen LogP contribution in [0.3, 0.4) is 0 Å². The highest BCUT2D eigenvalue weighted by atomic mass is 19.4. The van der Waals surface area contributed by atoms with E-state index < -0.39 is 46.7 Å². The van der Waals surface area contributed by atoms with Gasteiger partial charge in [-0.05, 0) is 6.92 Å². The summed E-state index contributed by atoms with van der Waals surface area (Å²) in [5.74, 6) is -4.91. The minimum Gasteiger partial charge on any atom is -0.461 e. The molecule has 0 radical (unpaired) electrons. The second kappa shape index (κ2) is 6.18. The molecule has 23 heavy (non-hydrogen) atoms. The Morgan fingerprint density at radius 2 is 1.83 bits per heavy atom. The second-order valence-electron chi connectivity index (χ2n) is 4.05. The van der Waals surface area contributed by atoms with Crippen LogP contribution in [0.5, 0.6) is 5.75 Å². The Morgan fingerprint density at radius 1 is 1.22 bits per heavy atom. The summed E-state index contributed by atoms with van der Waals surface area (Å²) < 4.78 is 72.2. The minimum atomic E-state index is -5.11. The van der Waals surface area contributed by atoms with Gasteiger partial charge in [-0.15, -0.1) is 18.3 Å². The Bertz CT molecular complexity index is 706. The third-order valence-corrected chi connectivity index (χ3v) is 2.50. The fourth-order valence-corrected chi connectivity index (χ4v) is 1.72. The summed E-state index contributed by atoms with van der Waals surface area (Å²) in [7, 11) is 0. The van der Waals surface area contributed by atoms with Crippen molar-refractivity contribution in [3.8, 4) is 17.0 Å². The molecule has 0 aliphatic rings. The van der Waals surface area contributed by atoms with Gasteiger partial charge in [0.15, 0.2) is 5.69 Å². The molecule has 0 atom stereocenters. The minimum absolute atomic E-state index is 0.0194. The number of carbonyl (C=O) groups is 1. The first-order valence-corrected chi connectivity index (χ1v) is 6.06. The lowest BCUT2D eigenvalue weighted by atomic mass is 10.1. The third-order valence-electron chi connectivity index (χ3n) is 2.50. The zero-order chi connectivity index (χ0) is 17.2. The maximum atomic E-state index is 14.0.